The number of carboxylic acids is 3. The summed E-state index contributed by atoms with van der Waals surface area (Å²) in [6.07, 6.45) is 47.2. The highest BCUT2D eigenvalue weighted by molar-refractivity contribution is 5.67. The Bertz CT molecular complexity index is 1100. The summed E-state index contributed by atoms with van der Waals surface area (Å²) < 4.78 is 0. The molecule has 21 heteroatoms. The maximum Gasteiger partial charge on any atom is 0.303 e. The van der Waals surface area contributed by atoms with Crippen LogP contribution in [0.5, 0.6) is 0 Å². The Morgan fingerprint density at radius 3 is 0.378 bits per heavy atom. The second-order valence-corrected chi connectivity index (χ2v) is 24.8. The third kappa shape index (κ3) is 130. The van der Waals surface area contributed by atoms with Gasteiger partial charge in [0.15, 0.2) is 0 Å². The Hall–Kier alpha value is -2.19. The van der Waals surface area contributed by atoms with Gasteiger partial charge in [-0.3, -0.25) is 14.4 Å². The number of unbranched alkanes of at least 4 members (excludes halogenated alkanes) is 33. The van der Waals surface area contributed by atoms with Crippen LogP contribution in [0.3, 0.4) is 0 Å². The van der Waals surface area contributed by atoms with Gasteiger partial charge in [-0.15, -0.1) is 0 Å². The standard InChI is InChI=1S/3C18H36O2.5C3H8O3/c3*1-17(2)15-13-11-9-7-5-3-4-6-8-10-12-14-16-18(19)20;5*4-1-3(6)2-5/h3*17H,3-16H2,1-2H3,(H,19,20);5*3-6H,1-2H2. The molecule has 0 aliphatic rings. The molecule has 0 atom stereocenters. The van der Waals surface area contributed by atoms with Gasteiger partial charge in [-0.2, -0.15) is 0 Å². The predicted octanol–water partition coefficient (Wildman–Crippen LogP) is 10.2. The van der Waals surface area contributed by atoms with E-state index >= 15 is 0 Å². The molecule has 18 N–H and O–H groups in total. The van der Waals surface area contributed by atoms with Crippen LogP contribution in [0.25, 0.3) is 0 Å². The largest absolute Gasteiger partial charge is 0.481 e. The Balaban J connectivity index is -0.000000152. The summed E-state index contributed by atoms with van der Waals surface area (Å²) in [4.78, 5) is 31.0. The van der Waals surface area contributed by atoms with Crippen LogP contribution in [0.1, 0.15) is 311 Å². The van der Waals surface area contributed by atoms with E-state index in [1.165, 1.54) is 212 Å². The number of aliphatic hydroxyl groups is 15. The summed E-state index contributed by atoms with van der Waals surface area (Å²) in [5, 5.41) is 146. The van der Waals surface area contributed by atoms with E-state index in [0.717, 1.165) is 56.3 Å². The first kappa shape index (κ1) is 104. The molecule has 0 aliphatic carbocycles. The topological polar surface area (TPSA) is 415 Å². The maximum absolute atomic E-state index is 10.3. The molecule has 0 radical (unpaired) electrons. The van der Waals surface area contributed by atoms with Crippen molar-refractivity contribution in [3.05, 3.63) is 0 Å². The highest BCUT2D eigenvalue weighted by Gasteiger charge is 2.03. The molecular weight excluding hydrogens is 1160 g/mol. The Morgan fingerprint density at radius 2 is 0.300 bits per heavy atom. The molecular formula is C69H148O21. The first-order valence-electron chi connectivity index (χ1n) is 35.1. The van der Waals surface area contributed by atoms with E-state index in [2.05, 4.69) is 41.5 Å². The lowest BCUT2D eigenvalue weighted by Gasteiger charge is -2.04. The fraction of sp³-hybridized carbons (Fsp3) is 0.957. The first-order chi connectivity index (χ1) is 42.9. The number of carboxylic acid groups (broad SMARTS) is 3. The molecule has 0 fully saturated rings. The zero-order valence-corrected chi connectivity index (χ0v) is 58.2. The molecule has 0 saturated heterocycles. The van der Waals surface area contributed by atoms with Crippen LogP contribution in [0, 0.1) is 17.8 Å². The monoisotopic (exact) mass is 1310 g/mol. The third-order valence-corrected chi connectivity index (χ3v) is 13.9. The van der Waals surface area contributed by atoms with Crippen molar-refractivity contribution in [1.82, 2.24) is 0 Å². The van der Waals surface area contributed by atoms with Crippen molar-refractivity contribution in [2.75, 3.05) is 66.1 Å². The van der Waals surface area contributed by atoms with E-state index in [-0.39, 0.29) is 66.1 Å². The van der Waals surface area contributed by atoms with Gasteiger partial charge in [0, 0.05) is 19.3 Å². The molecule has 0 aromatic carbocycles. The Labute approximate surface area is 547 Å². The van der Waals surface area contributed by atoms with E-state index in [1.807, 2.05) is 0 Å². The minimum Gasteiger partial charge on any atom is -0.481 e. The minimum absolute atomic E-state index is 0.344. The quantitative estimate of drug-likeness (QED) is 0.0252. The van der Waals surface area contributed by atoms with Gasteiger partial charge in [0.25, 0.3) is 0 Å². The van der Waals surface area contributed by atoms with Crippen LogP contribution in [-0.4, -0.2) is 206 Å². The van der Waals surface area contributed by atoms with Crippen molar-refractivity contribution in [2.45, 2.75) is 342 Å². The molecule has 550 valence electrons. The van der Waals surface area contributed by atoms with Crippen molar-refractivity contribution < 1.29 is 106 Å². The highest BCUT2D eigenvalue weighted by Crippen LogP contribution is 2.17. The maximum atomic E-state index is 10.3. The number of rotatable bonds is 55. The molecule has 0 heterocycles. The zero-order valence-electron chi connectivity index (χ0n) is 58.2. The molecule has 0 amide bonds. The van der Waals surface area contributed by atoms with Crippen LogP contribution in [0.4, 0.5) is 0 Å². The molecule has 21 nitrogen and oxygen atoms in total. The van der Waals surface area contributed by atoms with Crippen molar-refractivity contribution in [2.24, 2.45) is 17.8 Å². The van der Waals surface area contributed by atoms with Crippen molar-refractivity contribution in [1.29, 1.82) is 0 Å². The van der Waals surface area contributed by atoms with E-state index in [1.54, 1.807) is 0 Å². The van der Waals surface area contributed by atoms with Crippen LogP contribution < -0.4 is 0 Å². The average Bonchev–Trinajstić information content (AvgIpc) is 3.52. The van der Waals surface area contributed by atoms with Gasteiger partial charge in [-0.1, -0.05) is 273 Å². The predicted molar refractivity (Wildman–Crippen MR) is 362 cm³/mol. The number of hydrogen-bond donors (Lipinski definition) is 18. The zero-order chi connectivity index (χ0) is 70.1. The lowest BCUT2D eigenvalue weighted by Crippen LogP contribution is -2.15. The number of carbonyl (C=O) groups is 3. The second-order valence-electron chi connectivity index (χ2n) is 24.8. The van der Waals surface area contributed by atoms with E-state index < -0.39 is 48.4 Å². The van der Waals surface area contributed by atoms with E-state index in [0.29, 0.717) is 19.3 Å². The average molecular weight is 1310 g/mol. The van der Waals surface area contributed by atoms with Crippen molar-refractivity contribution >= 4 is 17.9 Å². The molecule has 0 aromatic rings. The molecule has 0 spiro atoms. The third-order valence-electron chi connectivity index (χ3n) is 13.9. The minimum atomic E-state index is -0.954. The number of aliphatic carboxylic acids is 3. The first-order valence-corrected chi connectivity index (χ1v) is 35.1. The number of hydrogen-bond acceptors (Lipinski definition) is 18. The van der Waals surface area contributed by atoms with Crippen LogP contribution in [-0.2, 0) is 14.4 Å². The molecule has 0 aliphatic heterocycles. The Morgan fingerprint density at radius 1 is 0.200 bits per heavy atom. The fourth-order valence-corrected chi connectivity index (χ4v) is 8.08. The van der Waals surface area contributed by atoms with Crippen molar-refractivity contribution in [3.8, 4) is 0 Å². The van der Waals surface area contributed by atoms with Crippen molar-refractivity contribution in [3.63, 3.8) is 0 Å². The van der Waals surface area contributed by atoms with Gasteiger partial charge in [0.1, 0.15) is 30.5 Å². The summed E-state index contributed by atoms with van der Waals surface area (Å²) in [6.45, 7) is 10.2. The smallest absolute Gasteiger partial charge is 0.303 e. The molecule has 0 aromatic heterocycles. The fourth-order valence-electron chi connectivity index (χ4n) is 8.08. The molecule has 0 bridgehead atoms. The van der Waals surface area contributed by atoms with E-state index in [9.17, 15) is 14.4 Å². The molecule has 0 saturated carbocycles. The van der Waals surface area contributed by atoms with Crippen LogP contribution in [0.2, 0.25) is 0 Å². The lowest BCUT2D eigenvalue weighted by atomic mass is 10.0. The molecule has 0 unspecified atom stereocenters. The summed E-state index contributed by atoms with van der Waals surface area (Å²) in [5.41, 5.74) is 0. The summed E-state index contributed by atoms with van der Waals surface area (Å²) in [5.74, 6) is 0.636. The highest BCUT2D eigenvalue weighted by atomic mass is 16.4. The van der Waals surface area contributed by atoms with Gasteiger partial charge in [0.05, 0.1) is 66.1 Å². The van der Waals surface area contributed by atoms with Gasteiger partial charge in [-0.25, -0.2) is 0 Å². The summed E-state index contributed by atoms with van der Waals surface area (Å²) in [7, 11) is 0. The molecule has 0 rings (SSSR count). The SMILES string of the molecule is CC(C)CCCCCCCCCCCCCCC(=O)O.CC(C)CCCCCCCCCCCCCCC(=O)O.CC(C)CCCCCCCCCCCCCCC(=O)O.OCC(O)CO.OCC(O)CO.OCC(O)CO.OCC(O)CO.OCC(O)CO. The van der Waals surface area contributed by atoms with Gasteiger partial charge >= 0.3 is 17.9 Å². The van der Waals surface area contributed by atoms with E-state index in [4.69, 9.17) is 91.9 Å². The molecule has 90 heavy (non-hydrogen) atoms. The summed E-state index contributed by atoms with van der Waals surface area (Å²) >= 11 is 0. The Kier molecular flexibility index (Phi) is 108. The normalized spacial score (nSPS) is 10.8. The second kappa shape index (κ2) is 93.2. The van der Waals surface area contributed by atoms with Gasteiger partial charge < -0.3 is 91.9 Å². The lowest BCUT2D eigenvalue weighted by molar-refractivity contribution is -0.138. The summed E-state index contributed by atoms with van der Waals surface area (Å²) in [6, 6.07) is 0. The van der Waals surface area contributed by atoms with Gasteiger partial charge in [-0.05, 0) is 37.0 Å². The number of aliphatic hydroxyl groups excluding tert-OH is 15. The van der Waals surface area contributed by atoms with Crippen LogP contribution >= 0.6 is 0 Å². The van der Waals surface area contributed by atoms with Gasteiger partial charge in [0.2, 0.25) is 0 Å². The van der Waals surface area contributed by atoms with Crippen LogP contribution in [0.15, 0.2) is 0 Å².